The van der Waals surface area contributed by atoms with Crippen molar-refractivity contribution >= 4 is 33.7 Å². The van der Waals surface area contributed by atoms with Gasteiger partial charge < -0.3 is 5.11 Å². The van der Waals surface area contributed by atoms with Gasteiger partial charge in [0.2, 0.25) is 0 Å². The Labute approximate surface area is 117 Å². The van der Waals surface area contributed by atoms with E-state index in [2.05, 4.69) is 25.9 Å². The molecule has 0 fully saturated rings. The van der Waals surface area contributed by atoms with Crippen molar-refractivity contribution in [1.29, 1.82) is 0 Å². The second-order valence-corrected chi connectivity index (χ2v) is 5.49. The zero-order valence-corrected chi connectivity index (χ0v) is 11.8. The summed E-state index contributed by atoms with van der Waals surface area (Å²) in [4.78, 5) is 20.1. The minimum absolute atomic E-state index is 0.229. The van der Waals surface area contributed by atoms with Crippen LogP contribution in [0.25, 0.3) is 0 Å². The number of hydrogen-bond donors (Lipinski definition) is 1. The van der Waals surface area contributed by atoms with Gasteiger partial charge in [0.05, 0.1) is 5.56 Å². The van der Waals surface area contributed by atoms with E-state index < -0.39 is 5.97 Å². The van der Waals surface area contributed by atoms with Crippen molar-refractivity contribution in [3.8, 4) is 0 Å². The number of aryl methyl sites for hydroxylation is 1. The van der Waals surface area contributed by atoms with E-state index in [1.165, 1.54) is 11.8 Å². The average molecular weight is 325 g/mol. The highest BCUT2D eigenvalue weighted by Crippen LogP contribution is 2.28. The summed E-state index contributed by atoms with van der Waals surface area (Å²) >= 11 is 4.53. The highest BCUT2D eigenvalue weighted by Gasteiger charge is 2.10. The van der Waals surface area contributed by atoms with Gasteiger partial charge in [-0.05, 0) is 58.4 Å². The third kappa shape index (κ3) is 3.08. The summed E-state index contributed by atoms with van der Waals surface area (Å²) in [6.07, 6.45) is 3.46. The molecule has 2 aromatic rings. The second kappa shape index (κ2) is 5.49. The van der Waals surface area contributed by atoms with E-state index in [0.717, 1.165) is 10.5 Å². The molecule has 0 amide bonds. The molecule has 0 saturated heterocycles. The Balaban J connectivity index is 2.27. The van der Waals surface area contributed by atoms with Gasteiger partial charge in [0.15, 0.2) is 5.16 Å². The summed E-state index contributed by atoms with van der Waals surface area (Å²) in [5.41, 5.74) is 1.22. The smallest absolute Gasteiger partial charge is 0.336 e. The molecule has 0 aliphatic rings. The normalized spacial score (nSPS) is 10.3. The highest BCUT2D eigenvalue weighted by atomic mass is 79.9. The van der Waals surface area contributed by atoms with E-state index in [4.69, 9.17) is 5.11 Å². The fourth-order valence-electron chi connectivity index (χ4n) is 1.27. The predicted octanol–water partition coefficient (Wildman–Crippen LogP) is 3.40. The van der Waals surface area contributed by atoms with Gasteiger partial charge >= 0.3 is 5.97 Å². The standard InChI is InChI=1S/C12H9BrN2O2S/c1-7-5-14-12(15-6-7)18-8-2-3-10(13)9(4-8)11(16)17/h2-6H,1H3,(H,16,17). The first-order valence-corrected chi connectivity index (χ1v) is 6.66. The van der Waals surface area contributed by atoms with Crippen LogP contribution in [0.3, 0.4) is 0 Å². The Morgan fingerprint density at radius 2 is 2.00 bits per heavy atom. The number of aromatic carboxylic acids is 1. The molecule has 0 saturated carbocycles. The Bertz CT molecular complexity index is 587. The second-order valence-electron chi connectivity index (χ2n) is 3.59. The molecule has 0 radical (unpaired) electrons. The Kier molecular flexibility index (Phi) is 3.98. The maximum absolute atomic E-state index is 11.0. The number of aromatic nitrogens is 2. The molecule has 1 N–H and O–H groups in total. The monoisotopic (exact) mass is 324 g/mol. The van der Waals surface area contributed by atoms with E-state index >= 15 is 0 Å². The van der Waals surface area contributed by atoms with Gasteiger partial charge in [-0.2, -0.15) is 0 Å². The molecular formula is C12H9BrN2O2S. The molecule has 1 aromatic carbocycles. The van der Waals surface area contributed by atoms with Gasteiger partial charge in [-0.25, -0.2) is 14.8 Å². The lowest BCUT2D eigenvalue weighted by molar-refractivity contribution is 0.0695. The average Bonchev–Trinajstić information content (AvgIpc) is 2.34. The number of carbonyl (C=O) groups is 1. The Hall–Kier alpha value is -1.40. The van der Waals surface area contributed by atoms with Crippen molar-refractivity contribution < 1.29 is 9.90 Å². The van der Waals surface area contributed by atoms with Crippen molar-refractivity contribution in [3.63, 3.8) is 0 Å². The molecular weight excluding hydrogens is 316 g/mol. The predicted molar refractivity (Wildman–Crippen MR) is 72.0 cm³/mol. The van der Waals surface area contributed by atoms with Crippen LogP contribution in [-0.4, -0.2) is 21.0 Å². The molecule has 92 valence electrons. The van der Waals surface area contributed by atoms with Crippen LogP contribution in [-0.2, 0) is 0 Å². The van der Waals surface area contributed by atoms with Gasteiger partial charge in [0.25, 0.3) is 0 Å². The van der Waals surface area contributed by atoms with Gasteiger partial charge in [-0.3, -0.25) is 0 Å². The number of benzene rings is 1. The molecule has 0 atom stereocenters. The summed E-state index contributed by atoms with van der Waals surface area (Å²) in [5, 5.41) is 9.62. The first-order chi connectivity index (χ1) is 8.56. The van der Waals surface area contributed by atoms with Gasteiger partial charge in [0.1, 0.15) is 0 Å². The van der Waals surface area contributed by atoms with Gasteiger partial charge in [-0.1, -0.05) is 0 Å². The summed E-state index contributed by atoms with van der Waals surface area (Å²) < 4.78 is 0.559. The molecule has 0 aliphatic carbocycles. The molecule has 18 heavy (non-hydrogen) atoms. The molecule has 0 bridgehead atoms. The van der Waals surface area contributed by atoms with Crippen LogP contribution >= 0.6 is 27.7 Å². The summed E-state index contributed by atoms with van der Waals surface area (Å²) in [6.45, 7) is 1.91. The van der Waals surface area contributed by atoms with Gasteiger partial charge in [0, 0.05) is 21.8 Å². The van der Waals surface area contributed by atoms with Crippen molar-refractivity contribution in [2.45, 2.75) is 17.0 Å². The van der Waals surface area contributed by atoms with Crippen LogP contribution in [0.5, 0.6) is 0 Å². The minimum Gasteiger partial charge on any atom is -0.478 e. The van der Waals surface area contributed by atoms with Crippen LogP contribution in [0.4, 0.5) is 0 Å². The third-order valence-electron chi connectivity index (χ3n) is 2.13. The lowest BCUT2D eigenvalue weighted by atomic mass is 10.2. The largest absolute Gasteiger partial charge is 0.478 e. The van der Waals surface area contributed by atoms with E-state index in [0.29, 0.717) is 9.63 Å². The number of rotatable bonds is 3. The zero-order chi connectivity index (χ0) is 13.1. The summed E-state index contributed by atoms with van der Waals surface area (Å²) in [7, 11) is 0. The van der Waals surface area contributed by atoms with E-state index in [1.807, 2.05) is 13.0 Å². The molecule has 0 aliphatic heterocycles. The van der Waals surface area contributed by atoms with Crippen molar-refractivity contribution in [2.24, 2.45) is 0 Å². The maximum atomic E-state index is 11.0. The fraction of sp³-hybridized carbons (Fsp3) is 0.0833. The quantitative estimate of drug-likeness (QED) is 0.877. The molecule has 1 aromatic heterocycles. The van der Waals surface area contributed by atoms with Crippen LogP contribution in [0, 0.1) is 6.92 Å². The SMILES string of the molecule is Cc1cnc(Sc2ccc(Br)c(C(=O)O)c2)nc1. The fourth-order valence-corrected chi connectivity index (χ4v) is 2.42. The van der Waals surface area contributed by atoms with Gasteiger partial charge in [-0.15, -0.1) is 0 Å². The molecule has 4 nitrogen and oxygen atoms in total. The number of carboxylic acid groups (broad SMARTS) is 1. The van der Waals surface area contributed by atoms with Crippen LogP contribution in [0.15, 0.2) is 45.1 Å². The number of halogens is 1. The van der Waals surface area contributed by atoms with Crippen molar-refractivity contribution in [1.82, 2.24) is 9.97 Å². The summed E-state index contributed by atoms with van der Waals surface area (Å²) in [5.74, 6) is -0.964. The lowest BCUT2D eigenvalue weighted by Crippen LogP contribution is -1.97. The molecule has 0 unspecified atom stereocenters. The van der Waals surface area contributed by atoms with E-state index in [1.54, 1.807) is 24.5 Å². The Morgan fingerprint density at radius 1 is 1.33 bits per heavy atom. The highest BCUT2D eigenvalue weighted by molar-refractivity contribution is 9.10. The van der Waals surface area contributed by atoms with E-state index in [-0.39, 0.29) is 5.56 Å². The van der Waals surface area contributed by atoms with Crippen molar-refractivity contribution in [2.75, 3.05) is 0 Å². The summed E-state index contributed by atoms with van der Waals surface area (Å²) in [6, 6.07) is 5.13. The lowest BCUT2D eigenvalue weighted by Gasteiger charge is -2.03. The van der Waals surface area contributed by atoms with Crippen LogP contribution in [0.1, 0.15) is 15.9 Å². The topological polar surface area (TPSA) is 63.1 Å². The molecule has 2 rings (SSSR count). The van der Waals surface area contributed by atoms with Crippen molar-refractivity contribution in [3.05, 3.63) is 46.2 Å². The number of nitrogens with zero attached hydrogens (tertiary/aromatic N) is 2. The van der Waals surface area contributed by atoms with Crippen LogP contribution < -0.4 is 0 Å². The van der Waals surface area contributed by atoms with E-state index in [9.17, 15) is 4.79 Å². The zero-order valence-electron chi connectivity index (χ0n) is 9.42. The first kappa shape index (κ1) is 13.0. The molecule has 1 heterocycles. The number of hydrogen-bond acceptors (Lipinski definition) is 4. The molecule has 6 heteroatoms. The minimum atomic E-state index is -0.964. The van der Waals surface area contributed by atoms with Crippen LogP contribution in [0.2, 0.25) is 0 Å². The maximum Gasteiger partial charge on any atom is 0.336 e. The number of carboxylic acids is 1. The Morgan fingerprint density at radius 3 is 2.61 bits per heavy atom. The molecule has 0 spiro atoms. The third-order valence-corrected chi connectivity index (χ3v) is 3.71. The first-order valence-electron chi connectivity index (χ1n) is 5.05.